The van der Waals surface area contributed by atoms with Crippen LogP contribution in [0.5, 0.6) is 0 Å². The van der Waals surface area contributed by atoms with Crippen LogP contribution in [0.4, 0.5) is 11.8 Å². The molecular formula is C21H23N7O. The van der Waals surface area contributed by atoms with E-state index in [4.69, 9.17) is 19.7 Å². The summed E-state index contributed by atoms with van der Waals surface area (Å²) in [7, 11) is 0. The number of hydrogen-bond acceptors (Lipinski definition) is 7. The lowest BCUT2D eigenvalue weighted by Gasteiger charge is -2.27. The Labute approximate surface area is 168 Å². The van der Waals surface area contributed by atoms with Gasteiger partial charge in [-0.25, -0.2) is 4.98 Å². The van der Waals surface area contributed by atoms with Gasteiger partial charge in [-0.1, -0.05) is 24.3 Å². The zero-order chi connectivity index (χ0) is 19.6. The van der Waals surface area contributed by atoms with Gasteiger partial charge in [0.25, 0.3) is 0 Å². The van der Waals surface area contributed by atoms with Crippen LogP contribution in [-0.4, -0.2) is 57.4 Å². The van der Waals surface area contributed by atoms with Crippen LogP contribution in [-0.2, 0) is 11.3 Å². The van der Waals surface area contributed by atoms with Crippen LogP contribution < -0.4 is 10.2 Å². The summed E-state index contributed by atoms with van der Waals surface area (Å²) >= 11 is 0. The molecule has 1 aromatic carbocycles. The molecule has 4 heterocycles. The fraction of sp³-hybridized carbons (Fsp3) is 0.333. The van der Waals surface area contributed by atoms with E-state index in [2.05, 4.69) is 44.9 Å². The third-order valence-electron chi connectivity index (χ3n) is 5.09. The number of imidazole rings is 1. The average Bonchev–Trinajstić information content (AvgIpc) is 3.17. The lowest BCUT2D eigenvalue weighted by atomic mass is 10.2. The average molecular weight is 389 g/mol. The van der Waals surface area contributed by atoms with Gasteiger partial charge in [0.05, 0.1) is 37.3 Å². The molecule has 0 atom stereocenters. The molecule has 148 valence electrons. The highest BCUT2D eigenvalue weighted by Crippen LogP contribution is 2.24. The molecule has 1 saturated heterocycles. The van der Waals surface area contributed by atoms with E-state index in [0.717, 1.165) is 47.6 Å². The second-order valence-corrected chi connectivity index (χ2v) is 7.04. The topological polar surface area (TPSA) is 81.0 Å². The first-order valence-electron chi connectivity index (χ1n) is 9.96. The predicted octanol–water partition coefficient (Wildman–Crippen LogP) is 2.69. The number of pyridine rings is 1. The van der Waals surface area contributed by atoms with E-state index < -0.39 is 0 Å². The normalized spacial score (nSPS) is 14.6. The first-order valence-corrected chi connectivity index (χ1v) is 9.96. The minimum Gasteiger partial charge on any atom is -0.378 e. The van der Waals surface area contributed by atoms with E-state index >= 15 is 0 Å². The molecule has 0 spiro atoms. The SMILES string of the molecule is CCNc1nc(N2CCOCC2)nc2ncn(Cc3ccc4ccccc4n3)c12. The lowest BCUT2D eigenvalue weighted by Crippen LogP contribution is -2.37. The van der Waals surface area contributed by atoms with Crippen LogP contribution >= 0.6 is 0 Å². The molecule has 0 amide bonds. The van der Waals surface area contributed by atoms with Crippen molar-refractivity contribution in [3.63, 3.8) is 0 Å². The molecule has 1 aliphatic heterocycles. The van der Waals surface area contributed by atoms with E-state index in [1.54, 1.807) is 0 Å². The molecule has 0 radical (unpaired) electrons. The molecule has 0 saturated carbocycles. The van der Waals surface area contributed by atoms with E-state index in [0.29, 0.717) is 31.4 Å². The van der Waals surface area contributed by atoms with Crippen LogP contribution in [0.15, 0.2) is 42.7 Å². The van der Waals surface area contributed by atoms with Gasteiger partial charge in [-0.15, -0.1) is 0 Å². The molecule has 29 heavy (non-hydrogen) atoms. The van der Waals surface area contributed by atoms with Crippen LogP contribution in [0.1, 0.15) is 12.6 Å². The largest absolute Gasteiger partial charge is 0.378 e. The van der Waals surface area contributed by atoms with Crippen molar-refractivity contribution in [2.45, 2.75) is 13.5 Å². The molecule has 3 aromatic heterocycles. The number of fused-ring (bicyclic) bond motifs is 2. The number of morpholine rings is 1. The van der Waals surface area contributed by atoms with Crippen molar-refractivity contribution in [1.82, 2.24) is 24.5 Å². The van der Waals surface area contributed by atoms with Crippen LogP contribution in [0, 0.1) is 0 Å². The third kappa shape index (κ3) is 3.47. The Balaban J connectivity index is 1.53. The molecule has 8 nitrogen and oxygen atoms in total. The minimum atomic E-state index is 0.611. The summed E-state index contributed by atoms with van der Waals surface area (Å²) in [6.07, 6.45) is 1.82. The van der Waals surface area contributed by atoms with E-state index in [9.17, 15) is 0 Å². The number of nitrogens with zero attached hydrogens (tertiary/aromatic N) is 6. The highest BCUT2D eigenvalue weighted by Gasteiger charge is 2.19. The molecule has 8 heteroatoms. The standard InChI is InChI=1S/C21H23N7O/c1-2-22-19-18-20(26-21(25-19)27-9-11-29-12-10-27)23-14-28(18)13-16-8-7-15-5-3-4-6-17(15)24-16/h3-8,14H,2,9-13H2,1H3,(H,22,25,26). The zero-order valence-corrected chi connectivity index (χ0v) is 16.4. The molecular weight excluding hydrogens is 366 g/mol. The fourth-order valence-corrected chi connectivity index (χ4v) is 3.65. The van der Waals surface area contributed by atoms with Crippen molar-refractivity contribution in [3.8, 4) is 0 Å². The highest BCUT2D eigenvalue weighted by molar-refractivity contribution is 5.85. The summed E-state index contributed by atoms with van der Waals surface area (Å²) in [5, 5.41) is 4.52. The Morgan fingerprint density at radius 1 is 1.03 bits per heavy atom. The molecule has 1 N–H and O–H groups in total. The van der Waals surface area contributed by atoms with Crippen LogP contribution in [0.3, 0.4) is 0 Å². The van der Waals surface area contributed by atoms with Gasteiger partial charge in [-0.2, -0.15) is 9.97 Å². The van der Waals surface area contributed by atoms with Crippen LogP contribution in [0.2, 0.25) is 0 Å². The Bertz CT molecular complexity index is 1150. The first kappa shape index (κ1) is 17.8. The summed E-state index contributed by atoms with van der Waals surface area (Å²) < 4.78 is 7.51. The summed E-state index contributed by atoms with van der Waals surface area (Å²) in [6, 6.07) is 12.3. The van der Waals surface area contributed by atoms with Crippen molar-refractivity contribution in [2.75, 3.05) is 43.1 Å². The Morgan fingerprint density at radius 2 is 1.90 bits per heavy atom. The van der Waals surface area contributed by atoms with Crippen molar-refractivity contribution >= 4 is 33.8 Å². The molecule has 1 fully saturated rings. The van der Waals surface area contributed by atoms with Crippen LogP contribution in [0.25, 0.3) is 22.1 Å². The van der Waals surface area contributed by atoms with Crippen molar-refractivity contribution in [3.05, 3.63) is 48.4 Å². The number of para-hydroxylation sites is 1. The van der Waals surface area contributed by atoms with Gasteiger partial charge in [0, 0.05) is 25.0 Å². The number of rotatable bonds is 5. The molecule has 1 aliphatic rings. The van der Waals surface area contributed by atoms with Crippen molar-refractivity contribution in [1.29, 1.82) is 0 Å². The quantitative estimate of drug-likeness (QED) is 0.562. The fourth-order valence-electron chi connectivity index (χ4n) is 3.65. The van der Waals surface area contributed by atoms with E-state index in [1.165, 1.54) is 0 Å². The van der Waals surface area contributed by atoms with E-state index in [1.807, 2.05) is 24.5 Å². The molecule has 5 rings (SSSR count). The Kier molecular flexibility index (Phi) is 4.69. The van der Waals surface area contributed by atoms with Crippen molar-refractivity contribution < 1.29 is 4.74 Å². The number of anilines is 2. The monoisotopic (exact) mass is 389 g/mol. The van der Waals surface area contributed by atoms with Gasteiger partial charge in [0.1, 0.15) is 5.52 Å². The van der Waals surface area contributed by atoms with Gasteiger partial charge >= 0.3 is 0 Å². The minimum absolute atomic E-state index is 0.611. The third-order valence-corrected chi connectivity index (χ3v) is 5.09. The van der Waals surface area contributed by atoms with Crippen molar-refractivity contribution in [2.24, 2.45) is 0 Å². The number of nitrogens with one attached hydrogen (secondary N) is 1. The lowest BCUT2D eigenvalue weighted by molar-refractivity contribution is 0.122. The number of ether oxygens (including phenoxy) is 1. The first-order chi connectivity index (χ1) is 14.3. The number of hydrogen-bond donors (Lipinski definition) is 1. The van der Waals surface area contributed by atoms with Gasteiger partial charge in [0.2, 0.25) is 5.95 Å². The second-order valence-electron chi connectivity index (χ2n) is 7.04. The smallest absolute Gasteiger partial charge is 0.229 e. The maximum atomic E-state index is 5.45. The number of benzene rings is 1. The second kappa shape index (κ2) is 7.63. The summed E-state index contributed by atoms with van der Waals surface area (Å²) in [5.41, 5.74) is 3.56. The molecule has 4 aromatic rings. The maximum Gasteiger partial charge on any atom is 0.229 e. The Hall–Kier alpha value is -3.26. The highest BCUT2D eigenvalue weighted by atomic mass is 16.5. The summed E-state index contributed by atoms with van der Waals surface area (Å²) in [5.74, 6) is 1.50. The predicted molar refractivity (Wildman–Crippen MR) is 113 cm³/mol. The molecule has 0 unspecified atom stereocenters. The molecule has 0 bridgehead atoms. The summed E-state index contributed by atoms with van der Waals surface area (Å²) in [6.45, 7) is 6.42. The zero-order valence-electron chi connectivity index (χ0n) is 16.4. The Morgan fingerprint density at radius 3 is 2.76 bits per heavy atom. The van der Waals surface area contributed by atoms with Gasteiger partial charge in [-0.05, 0) is 19.1 Å². The number of aromatic nitrogens is 5. The maximum absolute atomic E-state index is 5.45. The van der Waals surface area contributed by atoms with Gasteiger partial charge in [-0.3, -0.25) is 4.98 Å². The van der Waals surface area contributed by atoms with Gasteiger partial charge < -0.3 is 19.5 Å². The van der Waals surface area contributed by atoms with E-state index in [-0.39, 0.29) is 0 Å². The summed E-state index contributed by atoms with van der Waals surface area (Å²) in [4.78, 5) is 21.0. The molecule has 0 aliphatic carbocycles. The van der Waals surface area contributed by atoms with Gasteiger partial charge in [0.15, 0.2) is 11.5 Å².